The normalized spacial score (nSPS) is 12.0. The van der Waals surface area contributed by atoms with Crippen LogP contribution >= 0.6 is 0 Å². The van der Waals surface area contributed by atoms with Gasteiger partial charge in [-0.2, -0.15) is 4.31 Å². The van der Waals surface area contributed by atoms with E-state index in [0.717, 1.165) is 16.7 Å². The van der Waals surface area contributed by atoms with Gasteiger partial charge < -0.3 is 5.73 Å². The molecule has 0 saturated heterocycles. The van der Waals surface area contributed by atoms with Gasteiger partial charge in [0, 0.05) is 24.6 Å². The molecule has 2 N–H and O–H groups in total. The van der Waals surface area contributed by atoms with Gasteiger partial charge in [-0.15, -0.1) is 0 Å². The van der Waals surface area contributed by atoms with Gasteiger partial charge in [-0.05, 0) is 36.3 Å². The number of aryl methyl sites for hydroxylation is 1. The summed E-state index contributed by atoms with van der Waals surface area (Å²) in [4.78, 5) is 11.0. The highest BCUT2D eigenvalue weighted by molar-refractivity contribution is 7.92. The first-order valence-electron chi connectivity index (χ1n) is 7.38. The molecular weight excluding hydrogens is 324 g/mol. The Morgan fingerprint density at radius 3 is 2.21 bits per heavy atom. The number of sulfonamides is 1. The van der Waals surface area contributed by atoms with Gasteiger partial charge >= 0.3 is 0 Å². The first kappa shape index (κ1) is 17.9. The molecular formula is C18H20N2O3S. The summed E-state index contributed by atoms with van der Waals surface area (Å²) in [7, 11) is -2.02. The minimum absolute atomic E-state index is 0.208. The lowest BCUT2D eigenvalue weighted by molar-refractivity contribution is 0.1000. The summed E-state index contributed by atoms with van der Waals surface area (Å²) < 4.78 is 25.9. The van der Waals surface area contributed by atoms with Crippen molar-refractivity contribution in [3.8, 4) is 0 Å². The molecule has 6 heteroatoms. The highest BCUT2D eigenvalue weighted by Crippen LogP contribution is 2.12. The van der Waals surface area contributed by atoms with Gasteiger partial charge in [0.1, 0.15) is 0 Å². The van der Waals surface area contributed by atoms with E-state index in [9.17, 15) is 13.2 Å². The lowest BCUT2D eigenvalue weighted by Gasteiger charge is -2.14. The average Bonchev–Trinajstić information content (AvgIpc) is 2.55. The first-order chi connectivity index (χ1) is 11.3. The predicted molar refractivity (Wildman–Crippen MR) is 95.6 cm³/mol. The molecule has 0 radical (unpaired) electrons. The van der Waals surface area contributed by atoms with Crippen molar-refractivity contribution in [2.75, 3.05) is 7.05 Å². The topological polar surface area (TPSA) is 80.5 Å². The minimum atomic E-state index is -3.53. The summed E-state index contributed by atoms with van der Waals surface area (Å²) in [6, 6.07) is 14.1. The number of hydrogen-bond acceptors (Lipinski definition) is 3. The maximum atomic E-state index is 12.3. The van der Waals surface area contributed by atoms with E-state index < -0.39 is 15.9 Å². The highest BCUT2D eigenvalue weighted by Gasteiger charge is 2.14. The Balaban J connectivity index is 2.08. The predicted octanol–water partition coefficient (Wildman–Crippen LogP) is 2.53. The molecule has 0 aromatic heterocycles. The molecule has 0 bridgehead atoms. The largest absolute Gasteiger partial charge is 0.366 e. The molecule has 0 unspecified atom stereocenters. The fraction of sp³-hybridized carbons (Fsp3) is 0.167. The quantitative estimate of drug-likeness (QED) is 0.874. The lowest BCUT2D eigenvalue weighted by Crippen LogP contribution is -2.24. The number of nitrogens with zero attached hydrogens (tertiary/aromatic N) is 1. The molecule has 0 atom stereocenters. The molecule has 0 aliphatic heterocycles. The van der Waals surface area contributed by atoms with Crippen molar-refractivity contribution in [2.45, 2.75) is 13.5 Å². The van der Waals surface area contributed by atoms with Gasteiger partial charge in [0.2, 0.25) is 15.9 Å². The number of hydrogen-bond donors (Lipinski definition) is 1. The van der Waals surface area contributed by atoms with Crippen molar-refractivity contribution in [1.29, 1.82) is 0 Å². The fourth-order valence-electron chi connectivity index (χ4n) is 2.07. The smallest absolute Gasteiger partial charge is 0.248 e. The second-order valence-electron chi connectivity index (χ2n) is 5.58. The van der Waals surface area contributed by atoms with E-state index in [2.05, 4.69) is 0 Å². The monoisotopic (exact) mass is 344 g/mol. The summed E-state index contributed by atoms with van der Waals surface area (Å²) in [6.45, 7) is 2.18. The van der Waals surface area contributed by atoms with Crippen LogP contribution in [0.3, 0.4) is 0 Å². The SMILES string of the molecule is Cc1ccc(/C=C\S(=O)(=O)N(C)Cc2ccc(C(N)=O)cc2)cc1. The molecule has 1 amide bonds. The van der Waals surface area contributed by atoms with E-state index in [1.54, 1.807) is 30.3 Å². The maximum absolute atomic E-state index is 12.3. The Kier molecular flexibility index (Phi) is 5.54. The van der Waals surface area contributed by atoms with Crippen molar-refractivity contribution >= 4 is 22.0 Å². The van der Waals surface area contributed by atoms with Crippen molar-refractivity contribution in [1.82, 2.24) is 4.31 Å². The minimum Gasteiger partial charge on any atom is -0.366 e. The molecule has 126 valence electrons. The standard InChI is InChI=1S/C18H20N2O3S/c1-14-3-5-15(6-4-14)11-12-24(22,23)20(2)13-16-7-9-17(10-8-16)18(19)21/h3-12H,13H2,1-2H3,(H2,19,21)/b12-11-. The maximum Gasteiger partial charge on any atom is 0.248 e. The van der Waals surface area contributed by atoms with E-state index in [1.807, 2.05) is 31.2 Å². The number of carbonyl (C=O) groups excluding carboxylic acids is 1. The van der Waals surface area contributed by atoms with Crippen LogP contribution < -0.4 is 5.73 Å². The summed E-state index contributed by atoms with van der Waals surface area (Å²) in [6.07, 6.45) is 1.57. The molecule has 0 saturated carbocycles. The van der Waals surface area contributed by atoms with Crippen LogP contribution in [0.5, 0.6) is 0 Å². The zero-order valence-corrected chi connectivity index (χ0v) is 14.5. The molecule has 2 rings (SSSR count). The van der Waals surface area contributed by atoms with Crippen LogP contribution in [-0.4, -0.2) is 25.7 Å². The van der Waals surface area contributed by atoms with Gasteiger partial charge in [0.25, 0.3) is 0 Å². The van der Waals surface area contributed by atoms with Gasteiger partial charge in [-0.1, -0.05) is 42.0 Å². The van der Waals surface area contributed by atoms with Crippen molar-refractivity contribution in [3.63, 3.8) is 0 Å². The van der Waals surface area contributed by atoms with Crippen molar-refractivity contribution in [3.05, 3.63) is 76.2 Å². The van der Waals surface area contributed by atoms with Crippen LogP contribution in [0.1, 0.15) is 27.0 Å². The van der Waals surface area contributed by atoms with Crippen LogP contribution in [0.25, 0.3) is 6.08 Å². The summed E-state index contributed by atoms with van der Waals surface area (Å²) in [5.74, 6) is -0.511. The molecule has 0 heterocycles. The third-order valence-electron chi connectivity index (χ3n) is 3.59. The summed E-state index contributed by atoms with van der Waals surface area (Å²) in [5, 5.41) is 1.19. The molecule has 0 spiro atoms. The van der Waals surface area contributed by atoms with Crippen molar-refractivity contribution in [2.24, 2.45) is 5.73 Å². The Morgan fingerprint density at radius 2 is 1.67 bits per heavy atom. The number of nitrogens with two attached hydrogens (primary N) is 1. The number of carbonyl (C=O) groups is 1. The third-order valence-corrected chi connectivity index (χ3v) is 5.07. The number of benzene rings is 2. The second kappa shape index (κ2) is 7.42. The third kappa shape index (κ3) is 4.78. The molecule has 2 aromatic rings. The number of amides is 1. The zero-order valence-electron chi connectivity index (χ0n) is 13.6. The Labute approximate surface area is 142 Å². The van der Waals surface area contributed by atoms with Crippen LogP contribution in [0.2, 0.25) is 0 Å². The average molecular weight is 344 g/mol. The highest BCUT2D eigenvalue weighted by atomic mass is 32.2. The molecule has 24 heavy (non-hydrogen) atoms. The Hall–Kier alpha value is -2.44. The molecule has 0 fully saturated rings. The lowest BCUT2D eigenvalue weighted by atomic mass is 10.1. The van der Waals surface area contributed by atoms with E-state index in [1.165, 1.54) is 16.8 Å². The summed E-state index contributed by atoms with van der Waals surface area (Å²) in [5.41, 5.74) is 8.29. The van der Waals surface area contributed by atoms with Gasteiger partial charge in [0.15, 0.2) is 0 Å². The molecule has 0 aliphatic rings. The fourth-order valence-corrected chi connectivity index (χ4v) is 2.93. The van der Waals surface area contributed by atoms with E-state index in [-0.39, 0.29) is 6.54 Å². The zero-order chi connectivity index (χ0) is 17.7. The van der Waals surface area contributed by atoms with E-state index in [0.29, 0.717) is 5.56 Å². The van der Waals surface area contributed by atoms with E-state index in [4.69, 9.17) is 5.73 Å². The van der Waals surface area contributed by atoms with Gasteiger partial charge in [0.05, 0.1) is 0 Å². The molecule has 5 nitrogen and oxygen atoms in total. The number of rotatable bonds is 6. The van der Waals surface area contributed by atoms with Crippen LogP contribution in [-0.2, 0) is 16.6 Å². The Bertz CT molecular complexity index is 839. The van der Waals surface area contributed by atoms with Crippen LogP contribution in [0.4, 0.5) is 0 Å². The Morgan fingerprint density at radius 1 is 1.08 bits per heavy atom. The van der Waals surface area contributed by atoms with Crippen LogP contribution in [0, 0.1) is 6.92 Å². The van der Waals surface area contributed by atoms with Crippen LogP contribution in [0.15, 0.2) is 53.9 Å². The van der Waals surface area contributed by atoms with E-state index >= 15 is 0 Å². The summed E-state index contributed by atoms with van der Waals surface area (Å²) >= 11 is 0. The molecule has 2 aromatic carbocycles. The van der Waals surface area contributed by atoms with Crippen molar-refractivity contribution < 1.29 is 13.2 Å². The number of primary amides is 1. The first-order valence-corrected chi connectivity index (χ1v) is 8.88. The second-order valence-corrected chi connectivity index (χ2v) is 7.50. The van der Waals surface area contributed by atoms with Gasteiger partial charge in [-0.3, -0.25) is 4.79 Å². The molecule has 0 aliphatic carbocycles. The van der Waals surface area contributed by atoms with Gasteiger partial charge in [-0.25, -0.2) is 8.42 Å².